The van der Waals surface area contributed by atoms with Crippen LogP contribution in [0.2, 0.25) is 0 Å². The molecular formula is C20H18F3N3O6. The number of carbonyl (C=O) groups is 3. The molecule has 2 N–H and O–H groups in total. The zero-order valence-corrected chi connectivity index (χ0v) is 16.6. The molecule has 0 spiro atoms. The van der Waals surface area contributed by atoms with Gasteiger partial charge in [-0.05, 0) is 43.3 Å². The first-order valence-corrected chi connectivity index (χ1v) is 9.17. The van der Waals surface area contributed by atoms with Crippen LogP contribution in [0.3, 0.4) is 0 Å². The molecule has 0 aliphatic rings. The van der Waals surface area contributed by atoms with E-state index in [-0.39, 0.29) is 29.9 Å². The third-order valence-corrected chi connectivity index (χ3v) is 4.11. The molecule has 0 heterocycles. The van der Waals surface area contributed by atoms with Gasteiger partial charge in [0.2, 0.25) is 0 Å². The van der Waals surface area contributed by atoms with Gasteiger partial charge in [-0.1, -0.05) is 0 Å². The SMILES string of the molecule is CC(OC(=O)CCNC(=O)c1ccc([N+](=O)[O-])cc1)C(=O)Nc1ccc(C(F)(F)F)cc1. The molecular weight excluding hydrogens is 435 g/mol. The summed E-state index contributed by atoms with van der Waals surface area (Å²) in [5, 5.41) is 15.4. The maximum absolute atomic E-state index is 12.6. The lowest BCUT2D eigenvalue weighted by atomic mass is 10.2. The first-order valence-electron chi connectivity index (χ1n) is 9.17. The van der Waals surface area contributed by atoms with Crippen molar-refractivity contribution in [1.29, 1.82) is 0 Å². The molecule has 0 aliphatic carbocycles. The Morgan fingerprint density at radius 3 is 2.19 bits per heavy atom. The molecule has 2 rings (SSSR count). The van der Waals surface area contributed by atoms with E-state index >= 15 is 0 Å². The number of halogens is 3. The summed E-state index contributed by atoms with van der Waals surface area (Å²) in [6.45, 7) is 1.18. The van der Waals surface area contributed by atoms with Crippen molar-refractivity contribution in [3.05, 3.63) is 69.8 Å². The lowest BCUT2D eigenvalue weighted by Gasteiger charge is -2.14. The largest absolute Gasteiger partial charge is 0.452 e. The molecule has 32 heavy (non-hydrogen) atoms. The zero-order chi connectivity index (χ0) is 23.9. The number of nitro benzene ring substituents is 1. The van der Waals surface area contributed by atoms with Crippen LogP contribution in [0.5, 0.6) is 0 Å². The molecule has 0 radical (unpaired) electrons. The van der Waals surface area contributed by atoms with Gasteiger partial charge in [0.15, 0.2) is 6.10 Å². The molecule has 1 atom stereocenters. The van der Waals surface area contributed by atoms with E-state index in [1.54, 1.807) is 0 Å². The number of nitrogens with one attached hydrogen (secondary N) is 2. The predicted molar refractivity (Wildman–Crippen MR) is 106 cm³/mol. The average molecular weight is 453 g/mol. The number of nitro groups is 1. The van der Waals surface area contributed by atoms with Crippen molar-refractivity contribution < 1.29 is 37.2 Å². The number of rotatable bonds is 8. The molecule has 0 saturated heterocycles. The van der Waals surface area contributed by atoms with Crippen molar-refractivity contribution in [3.63, 3.8) is 0 Å². The number of alkyl halides is 3. The van der Waals surface area contributed by atoms with Crippen LogP contribution in [-0.4, -0.2) is 35.4 Å². The lowest BCUT2D eigenvalue weighted by Crippen LogP contribution is -2.32. The van der Waals surface area contributed by atoms with E-state index < -0.39 is 40.6 Å². The molecule has 0 fully saturated rings. The van der Waals surface area contributed by atoms with Crippen molar-refractivity contribution in [2.24, 2.45) is 0 Å². The minimum atomic E-state index is -4.50. The van der Waals surface area contributed by atoms with Crippen molar-refractivity contribution in [1.82, 2.24) is 5.32 Å². The minimum absolute atomic E-state index is 0.0984. The molecule has 2 amide bonds. The Morgan fingerprint density at radius 1 is 1.06 bits per heavy atom. The van der Waals surface area contributed by atoms with E-state index in [9.17, 15) is 37.7 Å². The first-order chi connectivity index (χ1) is 15.0. The Labute approximate surface area is 179 Å². The number of hydrogen-bond acceptors (Lipinski definition) is 6. The van der Waals surface area contributed by atoms with Crippen LogP contribution < -0.4 is 10.6 Å². The van der Waals surface area contributed by atoms with E-state index in [1.807, 2.05) is 0 Å². The Balaban J connectivity index is 1.76. The van der Waals surface area contributed by atoms with Crippen LogP contribution in [-0.2, 0) is 20.5 Å². The van der Waals surface area contributed by atoms with Gasteiger partial charge in [0, 0.05) is 29.9 Å². The van der Waals surface area contributed by atoms with Gasteiger partial charge in [0.1, 0.15) is 0 Å². The third kappa shape index (κ3) is 7.07. The summed E-state index contributed by atoms with van der Waals surface area (Å²) in [4.78, 5) is 45.8. The number of non-ortho nitro benzene ring substituents is 1. The van der Waals surface area contributed by atoms with Gasteiger partial charge < -0.3 is 15.4 Å². The highest BCUT2D eigenvalue weighted by Gasteiger charge is 2.30. The number of ether oxygens (including phenoxy) is 1. The Kier molecular flexibility index (Phi) is 7.88. The predicted octanol–water partition coefficient (Wildman–Crippen LogP) is 3.30. The van der Waals surface area contributed by atoms with Crippen molar-refractivity contribution in [2.45, 2.75) is 25.6 Å². The fraction of sp³-hybridized carbons (Fsp3) is 0.250. The van der Waals surface area contributed by atoms with Crippen molar-refractivity contribution >= 4 is 29.2 Å². The number of hydrogen-bond donors (Lipinski definition) is 2. The van der Waals surface area contributed by atoms with E-state index in [0.717, 1.165) is 24.3 Å². The van der Waals surface area contributed by atoms with E-state index in [0.29, 0.717) is 0 Å². The number of esters is 1. The van der Waals surface area contributed by atoms with E-state index in [2.05, 4.69) is 10.6 Å². The van der Waals surface area contributed by atoms with Crippen LogP contribution in [0, 0.1) is 10.1 Å². The zero-order valence-electron chi connectivity index (χ0n) is 16.6. The first kappa shape index (κ1) is 24.3. The summed E-state index contributed by atoms with van der Waals surface area (Å²) in [5.41, 5.74) is -0.783. The maximum atomic E-state index is 12.6. The van der Waals surface area contributed by atoms with Crippen molar-refractivity contribution in [2.75, 3.05) is 11.9 Å². The van der Waals surface area contributed by atoms with Gasteiger partial charge in [-0.15, -0.1) is 0 Å². The molecule has 0 aliphatic heterocycles. The number of benzene rings is 2. The van der Waals surface area contributed by atoms with Crippen LogP contribution in [0.15, 0.2) is 48.5 Å². The number of carbonyl (C=O) groups excluding carboxylic acids is 3. The molecule has 12 heteroatoms. The fourth-order valence-electron chi connectivity index (χ4n) is 2.41. The highest BCUT2D eigenvalue weighted by atomic mass is 19.4. The summed E-state index contributed by atoms with van der Waals surface area (Å²) in [7, 11) is 0. The van der Waals surface area contributed by atoms with Crippen LogP contribution in [0.4, 0.5) is 24.5 Å². The highest BCUT2D eigenvalue weighted by molar-refractivity contribution is 5.95. The number of amides is 2. The van der Waals surface area contributed by atoms with Gasteiger partial charge in [-0.3, -0.25) is 24.5 Å². The third-order valence-electron chi connectivity index (χ3n) is 4.11. The second-order valence-electron chi connectivity index (χ2n) is 6.51. The molecule has 170 valence electrons. The van der Waals surface area contributed by atoms with Gasteiger partial charge in [-0.2, -0.15) is 13.2 Å². The Morgan fingerprint density at radius 2 is 1.66 bits per heavy atom. The summed E-state index contributed by atoms with van der Waals surface area (Å²) >= 11 is 0. The lowest BCUT2D eigenvalue weighted by molar-refractivity contribution is -0.384. The fourth-order valence-corrected chi connectivity index (χ4v) is 2.41. The second kappa shape index (κ2) is 10.4. The van der Waals surface area contributed by atoms with Gasteiger partial charge >= 0.3 is 12.1 Å². The number of anilines is 1. The van der Waals surface area contributed by atoms with E-state index in [1.165, 1.54) is 31.2 Å². The molecule has 2 aromatic rings. The molecule has 0 aromatic heterocycles. The Bertz CT molecular complexity index is 991. The Hall–Kier alpha value is -3.96. The van der Waals surface area contributed by atoms with Gasteiger partial charge in [0.05, 0.1) is 16.9 Å². The standard InChI is InChI=1S/C20H18F3N3O6/c1-12(18(28)25-15-6-4-14(5-7-15)20(21,22)23)32-17(27)10-11-24-19(29)13-2-8-16(9-3-13)26(30)31/h2-9,12H,10-11H2,1H3,(H,24,29)(H,25,28). The van der Waals surface area contributed by atoms with Crippen LogP contribution in [0.1, 0.15) is 29.3 Å². The topological polar surface area (TPSA) is 128 Å². The maximum Gasteiger partial charge on any atom is 0.416 e. The summed E-state index contributed by atoms with van der Waals surface area (Å²) in [6, 6.07) is 8.62. The quantitative estimate of drug-likeness (QED) is 0.359. The van der Waals surface area contributed by atoms with E-state index in [4.69, 9.17) is 4.74 Å². The number of nitrogens with zero attached hydrogens (tertiary/aromatic N) is 1. The summed E-state index contributed by atoms with van der Waals surface area (Å²) < 4.78 is 42.6. The molecule has 0 bridgehead atoms. The second-order valence-corrected chi connectivity index (χ2v) is 6.51. The summed E-state index contributed by atoms with van der Waals surface area (Å²) in [5.74, 6) is -2.09. The monoisotopic (exact) mass is 453 g/mol. The van der Waals surface area contributed by atoms with Crippen LogP contribution in [0.25, 0.3) is 0 Å². The molecule has 1 unspecified atom stereocenters. The highest BCUT2D eigenvalue weighted by Crippen LogP contribution is 2.29. The van der Waals surface area contributed by atoms with Crippen molar-refractivity contribution in [3.8, 4) is 0 Å². The molecule has 2 aromatic carbocycles. The summed E-state index contributed by atoms with van der Waals surface area (Å²) in [6.07, 6.45) is -5.98. The minimum Gasteiger partial charge on any atom is -0.452 e. The normalized spacial score (nSPS) is 11.9. The molecule has 0 saturated carbocycles. The van der Waals surface area contributed by atoms with Gasteiger partial charge in [0.25, 0.3) is 17.5 Å². The molecule has 9 nitrogen and oxygen atoms in total. The smallest absolute Gasteiger partial charge is 0.416 e. The average Bonchev–Trinajstić information content (AvgIpc) is 2.73. The van der Waals surface area contributed by atoms with Gasteiger partial charge in [-0.25, -0.2) is 0 Å². The van der Waals surface area contributed by atoms with Crippen LogP contribution >= 0.6 is 0 Å².